The summed E-state index contributed by atoms with van der Waals surface area (Å²) in [6.45, 7) is 0.837. The van der Waals surface area contributed by atoms with Gasteiger partial charge in [0.1, 0.15) is 0 Å². The topological polar surface area (TPSA) is 29.9 Å². The van der Waals surface area contributed by atoms with Crippen molar-refractivity contribution in [3.8, 4) is 0 Å². The van der Waals surface area contributed by atoms with Crippen LogP contribution in [0.3, 0.4) is 0 Å². The van der Waals surface area contributed by atoms with Gasteiger partial charge in [-0.15, -0.1) is 11.3 Å². The molecule has 3 rings (SSSR count). The summed E-state index contributed by atoms with van der Waals surface area (Å²) in [5, 5.41) is 3.46. The molecule has 0 radical (unpaired) electrons. The van der Waals surface area contributed by atoms with Gasteiger partial charge >= 0.3 is 0 Å². The van der Waals surface area contributed by atoms with E-state index in [1.807, 2.05) is 0 Å². The maximum atomic E-state index is 4.55. The molecule has 5 heteroatoms. The van der Waals surface area contributed by atoms with Gasteiger partial charge in [-0.3, -0.25) is 0 Å². The van der Waals surface area contributed by atoms with Crippen LogP contribution in [0.4, 0.5) is 5.69 Å². The predicted molar refractivity (Wildman–Crippen MR) is 84.1 cm³/mol. The molecular weight excluding hydrogens is 274 g/mol. The lowest BCUT2D eigenvalue weighted by molar-refractivity contribution is 0.842. The summed E-state index contributed by atoms with van der Waals surface area (Å²) in [6.07, 6.45) is 4.13. The van der Waals surface area contributed by atoms with Crippen LogP contribution in [0.1, 0.15) is 5.69 Å². The Labute approximate surface area is 120 Å². The second kappa shape index (κ2) is 5.27. The third-order valence-electron chi connectivity index (χ3n) is 3.07. The van der Waals surface area contributed by atoms with Gasteiger partial charge in [0.15, 0.2) is 4.34 Å². The molecule has 3 aromatic rings. The Kier molecular flexibility index (Phi) is 3.48. The fraction of sp³-hybridized carbons (Fsp3) is 0.214. The van der Waals surface area contributed by atoms with Gasteiger partial charge in [0.25, 0.3) is 0 Å². The van der Waals surface area contributed by atoms with Crippen LogP contribution in [0, 0.1) is 0 Å². The highest BCUT2D eigenvalue weighted by atomic mass is 32.2. The van der Waals surface area contributed by atoms with E-state index in [1.165, 1.54) is 10.4 Å². The van der Waals surface area contributed by atoms with E-state index in [0.717, 1.165) is 22.1 Å². The summed E-state index contributed by atoms with van der Waals surface area (Å²) < 4.78 is 4.49. The molecule has 0 spiro atoms. The molecule has 0 bridgehead atoms. The number of anilines is 1. The Hall–Kier alpha value is -1.46. The van der Waals surface area contributed by atoms with Gasteiger partial charge in [0, 0.05) is 24.6 Å². The first-order valence-electron chi connectivity index (χ1n) is 6.05. The third kappa shape index (κ3) is 2.62. The normalized spacial score (nSPS) is 11.1. The van der Waals surface area contributed by atoms with Crippen LogP contribution in [-0.4, -0.2) is 15.8 Å². The van der Waals surface area contributed by atoms with Crippen LogP contribution in [0.2, 0.25) is 0 Å². The smallest absolute Gasteiger partial charge is 0.150 e. The summed E-state index contributed by atoms with van der Waals surface area (Å²) in [4.78, 5) is 4.55. The van der Waals surface area contributed by atoms with Gasteiger partial charge in [-0.2, -0.15) is 0 Å². The van der Waals surface area contributed by atoms with E-state index in [2.05, 4.69) is 64.7 Å². The first-order valence-corrected chi connectivity index (χ1v) is 8.09. The molecule has 0 aliphatic carbocycles. The third-order valence-corrected chi connectivity index (χ3v) is 5.07. The lowest BCUT2D eigenvalue weighted by Gasteiger charge is -2.07. The van der Waals surface area contributed by atoms with Crippen LogP contribution in [0.5, 0.6) is 0 Å². The average Bonchev–Trinajstić information content (AvgIpc) is 3.01. The number of rotatable bonds is 4. The molecule has 0 fully saturated rings. The Morgan fingerprint density at radius 1 is 1.37 bits per heavy atom. The molecule has 1 aromatic carbocycles. The first kappa shape index (κ1) is 12.6. The number of nitrogens with one attached hydrogen (secondary N) is 1. The van der Waals surface area contributed by atoms with Crippen LogP contribution in [0.25, 0.3) is 10.2 Å². The van der Waals surface area contributed by atoms with Gasteiger partial charge in [0.2, 0.25) is 0 Å². The lowest BCUT2D eigenvalue weighted by atomic mass is 10.3. The SMILES string of the molecule is CSc1nc2ccc(NCc3cccn3C)cc2s1. The molecule has 2 heterocycles. The minimum Gasteiger partial charge on any atom is -0.379 e. The van der Waals surface area contributed by atoms with E-state index in [4.69, 9.17) is 0 Å². The van der Waals surface area contributed by atoms with Gasteiger partial charge in [-0.1, -0.05) is 11.8 Å². The number of hydrogen-bond acceptors (Lipinski definition) is 4. The number of nitrogens with zero attached hydrogens (tertiary/aromatic N) is 2. The molecule has 0 saturated carbocycles. The molecule has 0 amide bonds. The van der Waals surface area contributed by atoms with Crippen molar-refractivity contribution in [2.75, 3.05) is 11.6 Å². The van der Waals surface area contributed by atoms with Gasteiger partial charge in [-0.05, 0) is 36.6 Å². The van der Waals surface area contributed by atoms with E-state index in [-0.39, 0.29) is 0 Å². The molecule has 3 nitrogen and oxygen atoms in total. The Balaban J connectivity index is 1.79. The minimum absolute atomic E-state index is 0.837. The Morgan fingerprint density at radius 3 is 3.00 bits per heavy atom. The number of hydrogen-bond donors (Lipinski definition) is 1. The zero-order valence-electron chi connectivity index (χ0n) is 10.9. The lowest BCUT2D eigenvalue weighted by Crippen LogP contribution is -2.03. The van der Waals surface area contributed by atoms with Crippen molar-refractivity contribution in [3.05, 3.63) is 42.2 Å². The maximum Gasteiger partial charge on any atom is 0.150 e. The zero-order valence-corrected chi connectivity index (χ0v) is 12.5. The average molecular weight is 289 g/mol. The largest absolute Gasteiger partial charge is 0.379 e. The van der Waals surface area contributed by atoms with Crippen molar-refractivity contribution >= 4 is 39.0 Å². The van der Waals surface area contributed by atoms with Gasteiger partial charge < -0.3 is 9.88 Å². The number of aryl methyl sites for hydroxylation is 1. The van der Waals surface area contributed by atoms with Gasteiger partial charge in [-0.25, -0.2) is 4.98 Å². The Morgan fingerprint density at radius 2 is 2.26 bits per heavy atom. The number of aromatic nitrogens is 2. The van der Waals surface area contributed by atoms with Crippen LogP contribution < -0.4 is 5.32 Å². The van der Waals surface area contributed by atoms with Crippen molar-refractivity contribution in [2.45, 2.75) is 10.9 Å². The highest BCUT2D eigenvalue weighted by molar-refractivity contribution is 8.00. The number of fused-ring (bicyclic) bond motifs is 1. The molecule has 0 saturated heterocycles. The van der Waals surface area contributed by atoms with Crippen molar-refractivity contribution in [2.24, 2.45) is 7.05 Å². The fourth-order valence-corrected chi connectivity index (χ4v) is 3.50. The maximum absolute atomic E-state index is 4.55. The van der Waals surface area contributed by atoms with Crippen LogP contribution >= 0.6 is 23.1 Å². The monoisotopic (exact) mass is 289 g/mol. The van der Waals surface area contributed by atoms with E-state index in [0.29, 0.717) is 0 Å². The van der Waals surface area contributed by atoms with Crippen molar-refractivity contribution in [3.63, 3.8) is 0 Å². The highest BCUT2D eigenvalue weighted by Gasteiger charge is 2.04. The minimum atomic E-state index is 0.837. The van der Waals surface area contributed by atoms with Crippen molar-refractivity contribution in [1.29, 1.82) is 0 Å². The van der Waals surface area contributed by atoms with E-state index in [1.54, 1.807) is 23.1 Å². The molecule has 19 heavy (non-hydrogen) atoms. The summed E-state index contributed by atoms with van der Waals surface area (Å²) >= 11 is 3.44. The van der Waals surface area contributed by atoms with Crippen LogP contribution in [-0.2, 0) is 13.6 Å². The van der Waals surface area contributed by atoms with E-state index < -0.39 is 0 Å². The Bertz CT molecular complexity index is 700. The standard InChI is InChI=1S/C14H15N3S2/c1-17-7-3-4-11(17)9-15-10-5-6-12-13(8-10)19-14(16-12)18-2/h3-8,15H,9H2,1-2H3. The zero-order chi connectivity index (χ0) is 13.2. The molecule has 2 aromatic heterocycles. The molecule has 0 atom stereocenters. The predicted octanol–water partition coefficient (Wildman–Crippen LogP) is 3.97. The molecule has 0 aliphatic heterocycles. The highest BCUT2D eigenvalue weighted by Crippen LogP contribution is 2.30. The summed E-state index contributed by atoms with van der Waals surface area (Å²) in [5.41, 5.74) is 3.50. The summed E-state index contributed by atoms with van der Waals surface area (Å²) in [6, 6.07) is 10.5. The second-order valence-electron chi connectivity index (χ2n) is 4.33. The second-order valence-corrected chi connectivity index (χ2v) is 6.41. The number of benzene rings is 1. The van der Waals surface area contributed by atoms with Crippen LogP contribution in [0.15, 0.2) is 40.9 Å². The van der Waals surface area contributed by atoms with E-state index >= 15 is 0 Å². The fourth-order valence-electron chi connectivity index (χ4n) is 1.97. The molecule has 98 valence electrons. The first-order chi connectivity index (χ1) is 9.26. The molecular formula is C14H15N3S2. The number of thioether (sulfide) groups is 1. The van der Waals surface area contributed by atoms with Gasteiger partial charge in [0.05, 0.1) is 16.8 Å². The summed E-state index contributed by atoms with van der Waals surface area (Å²) in [5.74, 6) is 0. The molecule has 0 unspecified atom stereocenters. The molecule has 0 aliphatic rings. The van der Waals surface area contributed by atoms with Crippen molar-refractivity contribution < 1.29 is 0 Å². The van der Waals surface area contributed by atoms with Crippen molar-refractivity contribution in [1.82, 2.24) is 9.55 Å². The number of thiazole rings is 1. The summed E-state index contributed by atoms with van der Waals surface area (Å²) in [7, 11) is 2.06. The quantitative estimate of drug-likeness (QED) is 0.737. The molecule has 1 N–H and O–H groups in total. The van der Waals surface area contributed by atoms with E-state index in [9.17, 15) is 0 Å².